The quantitative estimate of drug-likeness (QED) is 0.842. The minimum atomic E-state index is 0.223. The van der Waals surface area contributed by atoms with Gasteiger partial charge in [-0.25, -0.2) is 0 Å². The fourth-order valence-corrected chi connectivity index (χ4v) is 2.05. The Morgan fingerprint density at radius 3 is 2.35 bits per heavy atom. The van der Waals surface area contributed by atoms with Crippen molar-refractivity contribution in [1.29, 1.82) is 0 Å². The van der Waals surface area contributed by atoms with Crippen LogP contribution in [-0.4, -0.2) is 19.3 Å². The average Bonchev–Trinajstić information content (AvgIpc) is 2.49. The van der Waals surface area contributed by atoms with Crippen molar-refractivity contribution >= 4 is 0 Å². The molecule has 0 bridgehead atoms. The van der Waals surface area contributed by atoms with Crippen LogP contribution in [0.4, 0.5) is 0 Å². The van der Waals surface area contributed by atoms with Crippen molar-refractivity contribution in [2.24, 2.45) is 0 Å². The first kappa shape index (κ1) is 14.2. The number of rotatable bonds is 6. The van der Waals surface area contributed by atoms with E-state index in [1.165, 1.54) is 5.56 Å². The number of hydrogen-bond acceptors (Lipinski definition) is 3. The molecular formula is C16H20NO3+. The lowest BCUT2D eigenvalue weighted by atomic mass is 10.1. The third-order valence-corrected chi connectivity index (χ3v) is 3.21. The first-order valence-electron chi connectivity index (χ1n) is 6.54. The molecule has 0 radical (unpaired) electrons. The number of methoxy groups -OCH3 is 2. The van der Waals surface area contributed by atoms with E-state index in [0.29, 0.717) is 12.3 Å². The van der Waals surface area contributed by atoms with Gasteiger partial charge in [0, 0.05) is 5.56 Å². The van der Waals surface area contributed by atoms with E-state index in [2.05, 4.69) is 5.32 Å². The van der Waals surface area contributed by atoms with E-state index in [9.17, 15) is 5.11 Å². The number of quaternary nitrogens is 1. The van der Waals surface area contributed by atoms with E-state index in [4.69, 9.17) is 9.47 Å². The third-order valence-electron chi connectivity index (χ3n) is 3.21. The van der Waals surface area contributed by atoms with Crippen LogP contribution < -0.4 is 14.8 Å². The van der Waals surface area contributed by atoms with Gasteiger partial charge in [-0.05, 0) is 36.4 Å². The first-order chi connectivity index (χ1) is 9.74. The standard InChI is InChI=1S/C16H19NO3/c1-19-14-8-6-12(7-9-14)10-17-11-13-4-3-5-15(20-2)16(13)18/h3-9,17-18H,10-11H2,1-2H3/p+1. The van der Waals surface area contributed by atoms with E-state index in [1.54, 1.807) is 20.3 Å². The minimum absolute atomic E-state index is 0.223. The maximum absolute atomic E-state index is 9.99. The van der Waals surface area contributed by atoms with Gasteiger partial charge in [0.15, 0.2) is 11.5 Å². The zero-order chi connectivity index (χ0) is 14.4. The van der Waals surface area contributed by atoms with Crippen LogP contribution in [0.3, 0.4) is 0 Å². The molecule has 0 unspecified atom stereocenters. The van der Waals surface area contributed by atoms with Crippen LogP contribution in [0.15, 0.2) is 42.5 Å². The number of benzene rings is 2. The van der Waals surface area contributed by atoms with Gasteiger partial charge in [-0.15, -0.1) is 0 Å². The largest absolute Gasteiger partial charge is 0.504 e. The Morgan fingerprint density at radius 2 is 1.70 bits per heavy atom. The summed E-state index contributed by atoms with van der Waals surface area (Å²) in [5, 5.41) is 12.1. The van der Waals surface area contributed by atoms with Gasteiger partial charge in [-0.1, -0.05) is 6.07 Å². The summed E-state index contributed by atoms with van der Waals surface area (Å²) >= 11 is 0. The molecule has 2 aromatic carbocycles. The van der Waals surface area contributed by atoms with Crippen molar-refractivity contribution in [3.8, 4) is 17.2 Å². The summed E-state index contributed by atoms with van der Waals surface area (Å²) in [6.45, 7) is 1.55. The third kappa shape index (κ3) is 3.42. The highest BCUT2D eigenvalue weighted by Crippen LogP contribution is 2.28. The molecule has 4 nitrogen and oxygen atoms in total. The van der Waals surface area contributed by atoms with E-state index in [1.807, 2.05) is 36.4 Å². The Kier molecular flexibility index (Phi) is 4.85. The van der Waals surface area contributed by atoms with Crippen LogP contribution in [0.1, 0.15) is 11.1 Å². The van der Waals surface area contributed by atoms with Crippen molar-refractivity contribution in [3.63, 3.8) is 0 Å². The summed E-state index contributed by atoms with van der Waals surface area (Å²) in [5.41, 5.74) is 2.09. The second-order valence-corrected chi connectivity index (χ2v) is 4.51. The summed E-state index contributed by atoms with van der Waals surface area (Å²) in [6, 6.07) is 13.5. The Hall–Kier alpha value is -2.20. The van der Waals surface area contributed by atoms with Crippen molar-refractivity contribution in [1.82, 2.24) is 0 Å². The molecular weight excluding hydrogens is 254 g/mol. The highest BCUT2D eigenvalue weighted by atomic mass is 16.5. The summed E-state index contributed by atoms with van der Waals surface area (Å²) in [6.07, 6.45) is 0. The molecule has 0 saturated heterocycles. The van der Waals surface area contributed by atoms with Gasteiger partial charge in [-0.2, -0.15) is 0 Å². The first-order valence-corrected chi connectivity index (χ1v) is 6.54. The Balaban J connectivity index is 1.92. The van der Waals surface area contributed by atoms with Crippen molar-refractivity contribution in [2.75, 3.05) is 14.2 Å². The van der Waals surface area contributed by atoms with Crippen LogP contribution in [0.2, 0.25) is 0 Å². The van der Waals surface area contributed by atoms with Gasteiger partial charge in [-0.3, -0.25) is 0 Å². The van der Waals surface area contributed by atoms with Gasteiger partial charge < -0.3 is 19.9 Å². The van der Waals surface area contributed by atoms with E-state index >= 15 is 0 Å². The van der Waals surface area contributed by atoms with Crippen molar-refractivity contribution in [2.45, 2.75) is 13.1 Å². The number of hydrogen-bond donors (Lipinski definition) is 2. The van der Waals surface area contributed by atoms with Gasteiger partial charge in [0.1, 0.15) is 18.8 Å². The maximum atomic E-state index is 9.99. The molecule has 0 aliphatic heterocycles. The molecule has 0 fully saturated rings. The fraction of sp³-hybridized carbons (Fsp3) is 0.250. The van der Waals surface area contributed by atoms with Crippen LogP contribution in [0.5, 0.6) is 17.2 Å². The molecule has 106 valence electrons. The highest BCUT2D eigenvalue weighted by molar-refractivity contribution is 5.44. The molecule has 3 N–H and O–H groups in total. The van der Waals surface area contributed by atoms with Crippen molar-refractivity contribution < 1.29 is 19.9 Å². The SMILES string of the molecule is COc1ccc(C[NH2+]Cc2cccc(OC)c2O)cc1. The normalized spacial score (nSPS) is 10.3. The zero-order valence-electron chi connectivity index (χ0n) is 11.8. The molecule has 4 heteroatoms. The Morgan fingerprint density at radius 1 is 0.950 bits per heavy atom. The molecule has 20 heavy (non-hydrogen) atoms. The van der Waals surface area contributed by atoms with Gasteiger partial charge in [0.2, 0.25) is 0 Å². The predicted molar refractivity (Wildman–Crippen MR) is 77.0 cm³/mol. The molecule has 0 amide bonds. The van der Waals surface area contributed by atoms with E-state index < -0.39 is 0 Å². The summed E-state index contributed by atoms with van der Waals surface area (Å²) in [7, 11) is 3.21. The number of ether oxygens (including phenoxy) is 2. The zero-order valence-corrected chi connectivity index (χ0v) is 11.8. The van der Waals surface area contributed by atoms with Crippen LogP contribution in [-0.2, 0) is 13.1 Å². The van der Waals surface area contributed by atoms with Gasteiger partial charge >= 0.3 is 0 Å². The van der Waals surface area contributed by atoms with Gasteiger partial charge in [0.05, 0.1) is 19.8 Å². The lowest BCUT2D eigenvalue weighted by Crippen LogP contribution is -2.80. The van der Waals surface area contributed by atoms with E-state index in [0.717, 1.165) is 17.9 Å². The number of phenolic OH excluding ortho intramolecular Hbond substituents is 1. The second kappa shape index (κ2) is 6.82. The molecule has 0 saturated carbocycles. The number of para-hydroxylation sites is 1. The molecule has 0 aromatic heterocycles. The summed E-state index contributed by atoms with van der Waals surface area (Å²) < 4.78 is 10.2. The van der Waals surface area contributed by atoms with Crippen molar-refractivity contribution in [3.05, 3.63) is 53.6 Å². The Labute approximate surface area is 119 Å². The second-order valence-electron chi connectivity index (χ2n) is 4.51. The fourth-order valence-electron chi connectivity index (χ4n) is 2.05. The minimum Gasteiger partial charge on any atom is -0.504 e. The van der Waals surface area contributed by atoms with Crippen LogP contribution in [0, 0.1) is 0 Å². The lowest BCUT2D eigenvalue weighted by Gasteiger charge is -2.08. The molecule has 2 rings (SSSR count). The predicted octanol–water partition coefficient (Wildman–Crippen LogP) is 1.67. The Bertz CT molecular complexity index is 552. The number of phenols is 1. The number of nitrogens with two attached hydrogens (primary N) is 1. The molecule has 0 aliphatic carbocycles. The molecule has 0 atom stereocenters. The van der Waals surface area contributed by atoms with Gasteiger partial charge in [0.25, 0.3) is 0 Å². The highest BCUT2D eigenvalue weighted by Gasteiger charge is 2.08. The molecule has 0 aliphatic rings. The smallest absolute Gasteiger partial charge is 0.166 e. The number of aromatic hydroxyl groups is 1. The monoisotopic (exact) mass is 274 g/mol. The molecule has 2 aromatic rings. The van der Waals surface area contributed by atoms with Crippen LogP contribution >= 0.6 is 0 Å². The molecule has 0 spiro atoms. The van der Waals surface area contributed by atoms with Crippen LogP contribution in [0.25, 0.3) is 0 Å². The topological polar surface area (TPSA) is 55.3 Å². The summed E-state index contributed by atoms with van der Waals surface area (Å²) in [5.74, 6) is 1.60. The maximum Gasteiger partial charge on any atom is 0.166 e. The van der Waals surface area contributed by atoms with E-state index in [-0.39, 0.29) is 5.75 Å². The summed E-state index contributed by atoms with van der Waals surface area (Å²) in [4.78, 5) is 0. The molecule has 0 heterocycles. The lowest BCUT2D eigenvalue weighted by molar-refractivity contribution is -0.686. The average molecular weight is 274 g/mol.